The van der Waals surface area contributed by atoms with Gasteiger partial charge < -0.3 is 9.84 Å². The van der Waals surface area contributed by atoms with Crippen molar-refractivity contribution in [1.29, 1.82) is 0 Å². The first kappa shape index (κ1) is 13.3. The molecule has 0 unspecified atom stereocenters. The normalized spacial score (nSPS) is 10.7. The number of nitrogens with zero attached hydrogens (tertiary/aromatic N) is 1. The van der Waals surface area contributed by atoms with Gasteiger partial charge in [0.05, 0.1) is 5.69 Å². The molecule has 0 saturated carbocycles. The van der Waals surface area contributed by atoms with Crippen LogP contribution in [-0.2, 0) is 0 Å². The van der Waals surface area contributed by atoms with Gasteiger partial charge in [-0.2, -0.15) is 13.9 Å². The Labute approximate surface area is 110 Å². The smallest absolute Gasteiger partial charge is 0.387 e. The van der Waals surface area contributed by atoms with Gasteiger partial charge in [-0.1, -0.05) is 11.6 Å². The average Bonchev–Trinajstić information content (AvgIpc) is 2.80. The van der Waals surface area contributed by atoms with E-state index in [1.54, 1.807) is 0 Å². The molecule has 1 aromatic heterocycles. The second-order valence-electron chi connectivity index (χ2n) is 3.49. The first-order chi connectivity index (χ1) is 8.97. The van der Waals surface area contributed by atoms with E-state index >= 15 is 0 Å². The van der Waals surface area contributed by atoms with Gasteiger partial charge in [0, 0.05) is 10.6 Å². The molecule has 0 radical (unpaired) electrons. The Morgan fingerprint density at radius 3 is 2.74 bits per heavy atom. The van der Waals surface area contributed by atoms with E-state index in [4.69, 9.17) is 16.7 Å². The third-order valence-corrected chi connectivity index (χ3v) is 2.48. The maximum absolute atomic E-state index is 12.3. The number of halogens is 3. The third kappa shape index (κ3) is 3.00. The van der Waals surface area contributed by atoms with Crippen LogP contribution in [0.4, 0.5) is 8.78 Å². The van der Waals surface area contributed by atoms with Crippen LogP contribution in [0, 0.1) is 0 Å². The number of aromatic nitrogens is 2. The molecular weight excluding hydrogens is 282 g/mol. The molecule has 0 aliphatic carbocycles. The zero-order chi connectivity index (χ0) is 14.0. The van der Waals surface area contributed by atoms with Crippen molar-refractivity contribution in [2.75, 3.05) is 0 Å². The van der Waals surface area contributed by atoms with E-state index in [1.165, 1.54) is 24.3 Å². The fourth-order valence-corrected chi connectivity index (χ4v) is 1.64. The van der Waals surface area contributed by atoms with Crippen LogP contribution in [0.15, 0.2) is 24.3 Å². The van der Waals surface area contributed by atoms with Crippen LogP contribution in [0.5, 0.6) is 5.75 Å². The molecule has 2 N–H and O–H groups in total. The van der Waals surface area contributed by atoms with Gasteiger partial charge in [0.1, 0.15) is 11.4 Å². The van der Waals surface area contributed by atoms with Crippen molar-refractivity contribution < 1.29 is 23.4 Å². The molecule has 0 fully saturated rings. The van der Waals surface area contributed by atoms with Gasteiger partial charge >= 0.3 is 12.6 Å². The minimum atomic E-state index is -3.00. The topological polar surface area (TPSA) is 75.2 Å². The predicted molar refractivity (Wildman–Crippen MR) is 62.6 cm³/mol. The Bertz CT molecular complexity index is 616. The maximum atomic E-state index is 12.3. The molecule has 0 bridgehead atoms. The Morgan fingerprint density at radius 2 is 2.16 bits per heavy atom. The molecule has 0 amide bonds. The molecule has 1 heterocycles. The molecule has 19 heavy (non-hydrogen) atoms. The zero-order valence-corrected chi connectivity index (χ0v) is 9.99. The number of benzene rings is 1. The fraction of sp³-hybridized carbons (Fsp3) is 0.0909. The molecule has 2 aromatic rings. The van der Waals surface area contributed by atoms with Gasteiger partial charge in [0.2, 0.25) is 0 Å². The molecular formula is C11H7ClF2N2O3. The van der Waals surface area contributed by atoms with Gasteiger partial charge in [0.15, 0.2) is 0 Å². The van der Waals surface area contributed by atoms with Crippen LogP contribution < -0.4 is 4.74 Å². The second-order valence-corrected chi connectivity index (χ2v) is 3.93. The summed E-state index contributed by atoms with van der Waals surface area (Å²) in [6.45, 7) is -3.00. The minimum Gasteiger partial charge on any atom is -0.477 e. The molecule has 0 saturated heterocycles. The van der Waals surface area contributed by atoms with Crippen LogP contribution in [-0.4, -0.2) is 27.9 Å². The van der Waals surface area contributed by atoms with E-state index in [1.807, 2.05) is 0 Å². The van der Waals surface area contributed by atoms with Crippen molar-refractivity contribution in [3.05, 3.63) is 35.0 Å². The summed E-state index contributed by atoms with van der Waals surface area (Å²) in [5, 5.41) is 15.0. The molecule has 0 aliphatic rings. The Morgan fingerprint density at radius 1 is 1.42 bits per heavy atom. The molecule has 0 spiro atoms. The summed E-state index contributed by atoms with van der Waals surface area (Å²) in [6, 6.07) is 5.21. The first-order valence-corrected chi connectivity index (χ1v) is 5.38. The summed E-state index contributed by atoms with van der Waals surface area (Å²) in [5.41, 5.74) is 0.157. The number of nitrogens with one attached hydrogen (secondary N) is 1. The highest BCUT2D eigenvalue weighted by atomic mass is 35.5. The van der Waals surface area contributed by atoms with E-state index < -0.39 is 12.6 Å². The van der Waals surface area contributed by atoms with Crippen molar-refractivity contribution in [2.24, 2.45) is 0 Å². The van der Waals surface area contributed by atoms with Crippen LogP contribution in [0.3, 0.4) is 0 Å². The number of carbonyl (C=O) groups is 1. The van der Waals surface area contributed by atoms with E-state index in [9.17, 15) is 13.6 Å². The van der Waals surface area contributed by atoms with E-state index in [0.717, 1.165) is 0 Å². The van der Waals surface area contributed by atoms with Crippen LogP contribution in [0.25, 0.3) is 11.3 Å². The molecule has 0 atom stereocenters. The molecule has 100 valence electrons. The number of aromatic carboxylic acids is 1. The van der Waals surface area contributed by atoms with Gasteiger partial charge in [-0.15, -0.1) is 0 Å². The van der Waals surface area contributed by atoms with E-state index in [-0.39, 0.29) is 27.7 Å². The summed E-state index contributed by atoms with van der Waals surface area (Å²) < 4.78 is 28.9. The molecule has 2 rings (SSSR count). The lowest BCUT2D eigenvalue weighted by atomic mass is 10.1. The predicted octanol–water partition coefficient (Wildman–Crippen LogP) is 3.03. The maximum Gasteiger partial charge on any atom is 0.387 e. The lowest BCUT2D eigenvalue weighted by molar-refractivity contribution is -0.0494. The Hall–Kier alpha value is -2.15. The molecule has 0 aliphatic heterocycles. The van der Waals surface area contributed by atoms with Crippen molar-refractivity contribution >= 4 is 17.6 Å². The van der Waals surface area contributed by atoms with Crippen molar-refractivity contribution in [3.8, 4) is 17.0 Å². The standard InChI is InChI=1S/C11H7ClF2N2O3/c12-5-1-2-9(19-11(13)14)6(3-5)7-4-8(10(17)18)16-15-7/h1-4,11H,(H,15,16)(H,17,18). The SMILES string of the molecule is O=C(O)c1cc(-c2cc(Cl)ccc2OC(F)F)n[nH]1. The molecule has 1 aromatic carbocycles. The largest absolute Gasteiger partial charge is 0.477 e. The Kier molecular flexibility index (Phi) is 3.66. The highest BCUT2D eigenvalue weighted by Crippen LogP contribution is 2.32. The van der Waals surface area contributed by atoms with Gasteiger partial charge in [-0.3, -0.25) is 5.10 Å². The van der Waals surface area contributed by atoms with Crippen molar-refractivity contribution in [1.82, 2.24) is 10.2 Å². The van der Waals surface area contributed by atoms with Gasteiger partial charge in [-0.25, -0.2) is 4.79 Å². The second kappa shape index (κ2) is 5.23. The number of carboxylic acids is 1. The minimum absolute atomic E-state index is 0.136. The summed E-state index contributed by atoms with van der Waals surface area (Å²) >= 11 is 5.78. The number of hydrogen-bond acceptors (Lipinski definition) is 3. The summed E-state index contributed by atoms with van der Waals surface area (Å²) in [4.78, 5) is 10.7. The monoisotopic (exact) mass is 288 g/mol. The fourth-order valence-electron chi connectivity index (χ4n) is 1.47. The number of aromatic amines is 1. The highest BCUT2D eigenvalue weighted by molar-refractivity contribution is 6.31. The molecule has 5 nitrogen and oxygen atoms in total. The number of rotatable bonds is 4. The van der Waals surface area contributed by atoms with Crippen molar-refractivity contribution in [3.63, 3.8) is 0 Å². The van der Waals surface area contributed by atoms with E-state index in [0.29, 0.717) is 0 Å². The number of hydrogen-bond donors (Lipinski definition) is 2. The lowest BCUT2D eigenvalue weighted by Crippen LogP contribution is -2.03. The van der Waals surface area contributed by atoms with Crippen LogP contribution in [0.2, 0.25) is 5.02 Å². The quantitative estimate of drug-likeness (QED) is 0.907. The number of carboxylic acid groups (broad SMARTS) is 1. The number of H-pyrrole nitrogens is 1. The zero-order valence-electron chi connectivity index (χ0n) is 9.23. The average molecular weight is 289 g/mol. The number of alkyl halides is 2. The highest BCUT2D eigenvalue weighted by Gasteiger charge is 2.16. The summed E-state index contributed by atoms with van der Waals surface area (Å²) in [5.74, 6) is -1.35. The third-order valence-electron chi connectivity index (χ3n) is 2.24. The van der Waals surface area contributed by atoms with Gasteiger partial charge in [0.25, 0.3) is 0 Å². The van der Waals surface area contributed by atoms with Crippen LogP contribution in [0.1, 0.15) is 10.5 Å². The summed E-state index contributed by atoms with van der Waals surface area (Å²) in [7, 11) is 0. The van der Waals surface area contributed by atoms with E-state index in [2.05, 4.69) is 14.9 Å². The molecule has 8 heteroatoms. The summed E-state index contributed by atoms with van der Waals surface area (Å²) in [6.07, 6.45) is 0. The Balaban J connectivity index is 2.46. The van der Waals surface area contributed by atoms with Gasteiger partial charge in [-0.05, 0) is 24.3 Å². The van der Waals surface area contributed by atoms with Crippen molar-refractivity contribution in [2.45, 2.75) is 6.61 Å². The number of ether oxygens (including phenoxy) is 1. The van der Waals surface area contributed by atoms with Crippen LogP contribution >= 0.6 is 11.6 Å². The first-order valence-electron chi connectivity index (χ1n) is 5.01. The lowest BCUT2D eigenvalue weighted by Gasteiger charge is -2.09.